The summed E-state index contributed by atoms with van der Waals surface area (Å²) < 4.78 is 5.85. The molecule has 0 saturated heterocycles. The molecule has 2 N–H and O–H groups in total. The third-order valence-electron chi connectivity index (χ3n) is 3.72. The first-order valence-corrected chi connectivity index (χ1v) is 8.99. The maximum absolute atomic E-state index is 12.0. The number of esters is 1. The molecule has 0 spiro atoms. The van der Waals surface area contributed by atoms with Gasteiger partial charge < -0.3 is 15.0 Å². The van der Waals surface area contributed by atoms with Crippen LogP contribution in [0.2, 0.25) is 0 Å². The fourth-order valence-electron chi connectivity index (χ4n) is 2.42. The van der Waals surface area contributed by atoms with Crippen molar-refractivity contribution in [2.24, 2.45) is 0 Å². The molecule has 0 aliphatic heterocycles. The number of nitrogens with one attached hydrogen (secondary N) is 2. The van der Waals surface area contributed by atoms with Crippen LogP contribution in [0.1, 0.15) is 12.2 Å². The summed E-state index contributed by atoms with van der Waals surface area (Å²) in [5.74, 6) is -0.574. The summed E-state index contributed by atoms with van der Waals surface area (Å²) in [5.41, 5.74) is 0.925. The van der Waals surface area contributed by atoms with Gasteiger partial charge in [0.2, 0.25) is 0 Å². The van der Waals surface area contributed by atoms with Gasteiger partial charge in [-0.1, -0.05) is 28.1 Å². The number of benzene rings is 2. The summed E-state index contributed by atoms with van der Waals surface area (Å²) in [4.78, 5) is 42.6. The number of amides is 1. The first-order valence-electron chi connectivity index (χ1n) is 8.20. The van der Waals surface area contributed by atoms with E-state index < -0.39 is 11.9 Å². The Labute approximate surface area is 162 Å². The Morgan fingerprint density at radius 3 is 2.63 bits per heavy atom. The number of aromatic nitrogens is 2. The van der Waals surface area contributed by atoms with E-state index in [1.165, 1.54) is 0 Å². The molecule has 0 aliphatic carbocycles. The van der Waals surface area contributed by atoms with Gasteiger partial charge in [0.05, 0.1) is 17.3 Å². The van der Waals surface area contributed by atoms with Crippen molar-refractivity contribution in [1.29, 1.82) is 0 Å². The molecule has 138 valence electrons. The van der Waals surface area contributed by atoms with Crippen molar-refractivity contribution < 1.29 is 14.3 Å². The Bertz CT molecular complexity index is 1030. The molecule has 0 saturated carbocycles. The van der Waals surface area contributed by atoms with E-state index in [4.69, 9.17) is 4.74 Å². The van der Waals surface area contributed by atoms with E-state index in [1.807, 2.05) is 0 Å². The molecule has 1 aromatic heterocycles. The molecular weight excluding hydrogens is 414 g/mol. The van der Waals surface area contributed by atoms with Crippen LogP contribution in [0.5, 0.6) is 0 Å². The maximum atomic E-state index is 12.0. The summed E-state index contributed by atoms with van der Waals surface area (Å²) in [5, 5.41) is 3.12. The number of ether oxygens (including phenoxy) is 1. The second-order valence-corrected chi connectivity index (χ2v) is 6.66. The van der Waals surface area contributed by atoms with Crippen molar-refractivity contribution >= 4 is 44.4 Å². The molecule has 0 fully saturated rings. The van der Waals surface area contributed by atoms with Gasteiger partial charge in [-0.2, -0.15) is 0 Å². The first kappa shape index (κ1) is 18.8. The predicted octanol–water partition coefficient (Wildman–Crippen LogP) is 2.80. The quantitative estimate of drug-likeness (QED) is 0.586. The number of aryl methyl sites for hydroxylation is 1. The molecule has 0 bridgehead atoms. The number of rotatable bonds is 6. The summed E-state index contributed by atoms with van der Waals surface area (Å²) >= 11 is 3.31. The lowest BCUT2D eigenvalue weighted by atomic mass is 10.2. The van der Waals surface area contributed by atoms with Crippen molar-refractivity contribution in [2.45, 2.75) is 12.8 Å². The van der Waals surface area contributed by atoms with Crippen LogP contribution in [0.3, 0.4) is 0 Å². The molecular formula is C19H16BrN3O4. The van der Waals surface area contributed by atoms with Gasteiger partial charge in [-0.15, -0.1) is 0 Å². The molecule has 0 radical (unpaired) electrons. The van der Waals surface area contributed by atoms with E-state index in [0.717, 1.165) is 4.47 Å². The number of anilines is 1. The number of hydrogen-bond acceptors (Lipinski definition) is 5. The number of H-pyrrole nitrogens is 1. The molecule has 1 heterocycles. The Hall–Kier alpha value is -3.00. The van der Waals surface area contributed by atoms with Crippen LogP contribution in [-0.4, -0.2) is 28.5 Å². The number of halogens is 1. The van der Waals surface area contributed by atoms with E-state index in [0.29, 0.717) is 22.4 Å². The fourth-order valence-corrected chi connectivity index (χ4v) is 2.69. The van der Waals surface area contributed by atoms with Gasteiger partial charge in [-0.3, -0.25) is 14.4 Å². The van der Waals surface area contributed by atoms with Crippen LogP contribution in [0.15, 0.2) is 57.8 Å². The van der Waals surface area contributed by atoms with E-state index >= 15 is 0 Å². The summed E-state index contributed by atoms with van der Waals surface area (Å²) in [6.45, 7) is -0.378. The first-order chi connectivity index (χ1) is 13.0. The average Bonchev–Trinajstić information content (AvgIpc) is 2.66. The summed E-state index contributed by atoms with van der Waals surface area (Å²) in [6.07, 6.45) is 0.222. The number of nitrogens with zero attached hydrogens (tertiary/aromatic N) is 1. The molecule has 3 rings (SSSR count). The SMILES string of the molecule is O=C(COC(=O)CCc1nc2ccccc2c(=O)[nH]1)Nc1ccc(Br)cc1. The highest BCUT2D eigenvalue weighted by molar-refractivity contribution is 9.10. The van der Waals surface area contributed by atoms with Gasteiger partial charge >= 0.3 is 5.97 Å². The Balaban J connectivity index is 1.49. The zero-order chi connectivity index (χ0) is 19.2. The van der Waals surface area contributed by atoms with E-state index in [1.54, 1.807) is 48.5 Å². The molecule has 8 heteroatoms. The Kier molecular flexibility index (Phi) is 5.97. The van der Waals surface area contributed by atoms with Crippen LogP contribution in [0.25, 0.3) is 10.9 Å². The van der Waals surface area contributed by atoms with Gasteiger partial charge in [0.1, 0.15) is 5.82 Å². The minimum Gasteiger partial charge on any atom is -0.456 e. The summed E-state index contributed by atoms with van der Waals surface area (Å²) in [6, 6.07) is 14.0. The molecule has 2 aromatic carbocycles. The van der Waals surface area contributed by atoms with E-state index in [-0.39, 0.29) is 25.0 Å². The number of aromatic amines is 1. The van der Waals surface area contributed by atoms with Crippen LogP contribution < -0.4 is 10.9 Å². The zero-order valence-electron chi connectivity index (χ0n) is 14.2. The lowest BCUT2D eigenvalue weighted by Crippen LogP contribution is -2.21. The monoisotopic (exact) mass is 429 g/mol. The molecule has 0 unspecified atom stereocenters. The van der Waals surface area contributed by atoms with Gasteiger partial charge in [0, 0.05) is 16.6 Å². The lowest BCUT2D eigenvalue weighted by molar-refractivity contribution is -0.147. The standard InChI is InChI=1S/C19H16BrN3O4/c20-12-5-7-13(8-6-12)21-17(24)11-27-18(25)10-9-16-22-15-4-2-1-3-14(15)19(26)23-16/h1-8H,9-11H2,(H,21,24)(H,22,23,26). The van der Waals surface area contributed by atoms with Crippen LogP contribution in [-0.2, 0) is 20.7 Å². The van der Waals surface area contributed by atoms with Crippen LogP contribution >= 0.6 is 15.9 Å². The van der Waals surface area contributed by atoms with Gasteiger partial charge in [0.25, 0.3) is 11.5 Å². The molecule has 7 nitrogen and oxygen atoms in total. The molecule has 3 aromatic rings. The van der Waals surface area contributed by atoms with Gasteiger partial charge in [-0.05, 0) is 36.4 Å². The minimum absolute atomic E-state index is 0.00679. The molecule has 27 heavy (non-hydrogen) atoms. The van der Waals surface area contributed by atoms with E-state index in [9.17, 15) is 14.4 Å². The van der Waals surface area contributed by atoms with E-state index in [2.05, 4.69) is 31.2 Å². The molecule has 0 atom stereocenters. The van der Waals surface area contributed by atoms with Gasteiger partial charge in [0.15, 0.2) is 6.61 Å². The fraction of sp³-hybridized carbons (Fsp3) is 0.158. The second-order valence-electron chi connectivity index (χ2n) is 5.75. The van der Waals surface area contributed by atoms with Crippen LogP contribution in [0.4, 0.5) is 5.69 Å². The van der Waals surface area contributed by atoms with Gasteiger partial charge in [-0.25, -0.2) is 4.98 Å². The summed E-state index contributed by atoms with van der Waals surface area (Å²) in [7, 11) is 0. The van der Waals surface area contributed by atoms with Crippen molar-refractivity contribution in [1.82, 2.24) is 9.97 Å². The molecule has 0 aliphatic rings. The topological polar surface area (TPSA) is 101 Å². The molecule has 1 amide bonds. The number of fused-ring (bicyclic) bond motifs is 1. The Morgan fingerprint density at radius 1 is 1.11 bits per heavy atom. The Morgan fingerprint density at radius 2 is 1.85 bits per heavy atom. The zero-order valence-corrected chi connectivity index (χ0v) is 15.8. The third kappa shape index (κ3) is 5.24. The minimum atomic E-state index is -0.545. The van der Waals surface area contributed by atoms with Crippen molar-refractivity contribution in [3.8, 4) is 0 Å². The number of carbonyl (C=O) groups excluding carboxylic acids is 2. The number of hydrogen-bond donors (Lipinski definition) is 2. The predicted molar refractivity (Wildman–Crippen MR) is 104 cm³/mol. The number of carbonyl (C=O) groups is 2. The smallest absolute Gasteiger partial charge is 0.306 e. The lowest BCUT2D eigenvalue weighted by Gasteiger charge is -2.07. The highest BCUT2D eigenvalue weighted by Gasteiger charge is 2.10. The third-order valence-corrected chi connectivity index (χ3v) is 4.25. The highest BCUT2D eigenvalue weighted by atomic mass is 79.9. The van der Waals surface area contributed by atoms with Crippen molar-refractivity contribution in [3.05, 3.63) is 69.2 Å². The second kappa shape index (κ2) is 8.59. The van der Waals surface area contributed by atoms with Crippen molar-refractivity contribution in [2.75, 3.05) is 11.9 Å². The maximum Gasteiger partial charge on any atom is 0.306 e. The largest absolute Gasteiger partial charge is 0.456 e. The van der Waals surface area contributed by atoms with Crippen LogP contribution in [0, 0.1) is 0 Å². The average molecular weight is 430 g/mol. The highest BCUT2D eigenvalue weighted by Crippen LogP contribution is 2.14. The normalized spacial score (nSPS) is 10.6. The van der Waals surface area contributed by atoms with Crippen molar-refractivity contribution in [3.63, 3.8) is 0 Å². The number of para-hydroxylation sites is 1.